The van der Waals surface area contributed by atoms with Crippen molar-refractivity contribution in [2.45, 2.75) is 33.2 Å². The Kier molecular flexibility index (Phi) is 7.82. The lowest BCUT2D eigenvalue weighted by Crippen LogP contribution is -2.43. The fourth-order valence-corrected chi connectivity index (χ4v) is 4.69. The predicted molar refractivity (Wildman–Crippen MR) is 140 cm³/mol. The van der Waals surface area contributed by atoms with Crippen LogP contribution in [0.5, 0.6) is 11.5 Å². The summed E-state index contributed by atoms with van der Waals surface area (Å²) in [6.07, 6.45) is 0. The van der Waals surface area contributed by atoms with Gasteiger partial charge in [-0.15, -0.1) is 10.2 Å². The van der Waals surface area contributed by atoms with Gasteiger partial charge in [0.15, 0.2) is 5.82 Å². The van der Waals surface area contributed by atoms with Crippen LogP contribution in [-0.4, -0.2) is 80.5 Å². The van der Waals surface area contributed by atoms with Crippen LogP contribution in [0, 0.1) is 0 Å². The normalized spacial score (nSPS) is 14.9. The Morgan fingerprint density at radius 3 is 2.44 bits per heavy atom. The second kappa shape index (κ2) is 10.9. The van der Waals surface area contributed by atoms with E-state index in [-0.39, 0.29) is 29.1 Å². The molecule has 1 aromatic heterocycles. The van der Waals surface area contributed by atoms with Crippen LogP contribution in [-0.2, 0) is 6.54 Å². The van der Waals surface area contributed by atoms with Crippen LogP contribution in [0.4, 0.5) is 0 Å². The number of phenols is 2. The van der Waals surface area contributed by atoms with E-state index in [1.165, 1.54) is 6.07 Å². The standard InChI is InChI=1S/C26H33ClN6O3/c1-5-28-26(36)25-30-29-24(19-13-18(16(2)3)22(34)14-23(19)35)33(25)21-7-6-17(12-20(21)27)15-32-10-8-31(4)9-11-32/h6-7,12-14,16,34-35H,5,8-11,15H2,1-4H3,(H,28,36). The first-order valence-electron chi connectivity index (χ1n) is 12.2. The van der Waals surface area contributed by atoms with Crippen molar-refractivity contribution in [3.8, 4) is 28.6 Å². The van der Waals surface area contributed by atoms with E-state index in [1.54, 1.807) is 10.6 Å². The van der Waals surface area contributed by atoms with Crippen molar-refractivity contribution in [1.82, 2.24) is 29.9 Å². The Labute approximate surface area is 216 Å². The Morgan fingerprint density at radius 1 is 1.08 bits per heavy atom. The summed E-state index contributed by atoms with van der Waals surface area (Å²) < 4.78 is 1.56. The summed E-state index contributed by atoms with van der Waals surface area (Å²) in [5.41, 5.74) is 2.58. The number of aromatic hydroxyl groups is 2. The van der Waals surface area contributed by atoms with Crippen LogP contribution >= 0.6 is 11.6 Å². The first kappa shape index (κ1) is 25.9. The molecule has 0 aliphatic carbocycles. The van der Waals surface area contributed by atoms with E-state index in [0.29, 0.717) is 28.4 Å². The van der Waals surface area contributed by atoms with Crippen molar-refractivity contribution in [1.29, 1.82) is 0 Å². The van der Waals surface area contributed by atoms with Crippen LogP contribution < -0.4 is 5.32 Å². The topological polar surface area (TPSA) is 107 Å². The van der Waals surface area contributed by atoms with Gasteiger partial charge in [-0.05, 0) is 49.2 Å². The highest BCUT2D eigenvalue weighted by atomic mass is 35.5. The maximum Gasteiger partial charge on any atom is 0.289 e. The molecule has 0 bridgehead atoms. The predicted octanol–water partition coefficient (Wildman–Crippen LogP) is 3.62. The summed E-state index contributed by atoms with van der Waals surface area (Å²) in [6, 6.07) is 8.70. The summed E-state index contributed by atoms with van der Waals surface area (Å²) in [5.74, 6) is -0.274. The molecule has 0 atom stereocenters. The van der Waals surface area contributed by atoms with Gasteiger partial charge in [0.2, 0.25) is 5.82 Å². The SMILES string of the molecule is CCNC(=O)c1nnc(-c2cc(C(C)C)c(O)cc2O)n1-c1ccc(CN2CCN(C)CC2)cc1Cl. The number of hydrogen-bond donors (Lipinski definition) is 3. The van der Waals surface area contributed by atoms with Crippen LogP contribution in [0.3, 0.4) is 0 Å². The second-order valence-corrected chi connectivity index (χ2v) is 9.90. The van der Waals surface area contributed by atoms with E-state index >= 15 is 0 Å². The molecule has 4 rings (SSSR count). The third-order valence-electron chi connectivity index (χ3n) is 6.47. The lowest BCUT2D eigenvalue weighted by atomic mass is 9.98. The number of nitrogens with one attached hydrogen (secondary N) is 1. The van der Waals surface area contributed by atoms with Gasteiger partial charge in [0.1, 0.15) is 11.5 Å². The van der Waals surface area contributed by atoms with Crippen molar-refractivity contribution in [3.63, 3.8) is 0 Å². The fraction of sp³-hybridized carbons (Fsp3) is 0.423. The highest BCUT2D eigenvalue weighted by Crippen LogP contribution is 2.39. The van der Waals surface area contributed by atoms with Crippen LogP contribution in [0.25, 0.3) is 17.1 Å². The first-order chi connectivity index (χ1) is 17.2. The molecule has 3 N–H and O–H groups in total. The van der Waals surface area contributed by atoms with Crippen molar-refractivity contribution >= 4 is 17.5 Å². The minimum absolute atomic E-state index is 0.000952. The average Bonchev–Trinajstić information content (AvgIpc) is 3.25. The maximum atomic E-state index is 12.9. The van der Waals surface area contributed by atoms with Gasteiger partial charge in [-0.25, -0.2) is 0 Å². The Hall–Kier alpha value is -3.14. The summed E-state index contributed by atoms with van der Waals surface area (Å²) in [7, 11) is 2.13. The molecule has 3 aromatic rings. The smallest absolute Gasteiger partial charge is 0.289 e. The molecular formula is C26H33ClN6O3. The van der Waals surface area contributed by atoms with Gasteiger partial charge in [0.05, 0.1) is 16.3 Å². The first-order valence-corrected chi connectivity index (χ1v) is 12.6. The van der Waals surface area contributed by atoms with Gasteiger partial charge in [-0.3, -0.25) is 14.3 Å². The van der Waals surface area contributed by atoms with E-state index in [9.17, 15) is 15.0 Å². The number of phenolic OH excluding ortho intramolecular Hbond substituents is 2. The van der Waals surface area contributed by atoms with E-state index in [2.05, 4.69) is 32.4 Å². The van der Waals surface area contributed by atoms with Crippen molar-refractivity contribution < 1.29 is 15.0 Å². The molecule has 192 valence electrons. The molecule has 1 fully saturated rings. The number of nitrogens with zero attached hydrogens (tertiary/aromatic N) is 5. The lowest BCUT2D eigenvalue weighted by Gasteiger charge is -2.32. The van der Waals surface area contributed by atoms with Crippen LogP contribution in [0.2, 0.25) is 5.02 Å². The summed E-state index contributed by atoms with van der Waals surface area (Å²) in [5, 5.41) is 32.6. The molecule has 2 heterocycles. The van der Waals surface area contributed by atoms with E-state index in [1.807, 2.05) is 39.0 Å². The van der Waals surface area contributed by atoms with Gasteiger partial charge in [0.25, 0.3) is 5.91 Å². The number of rotatable bonds is 7. The number of benzene rings is 2. The molecule has 0 unspecified atom stereocenters. The number of hydrogen-bond acceptors (Lipinski definition) is 7. The number of aromatic nitrogens is 3. The zero-order valence-electron chi connectivity index (χ0n) is 21.1. The molecule has 1 aliphatic rings. The summed E-state index contributed by atoms with van der Waals surface area (Å²) >= 11 is 6.78. The van der Waals surface area contributed by atoms with Gasteiger partial charge >= 0.3 is 0 Å². The van der Waals surface area contributed by atoms with Gasteiger partial charge in [-0.1, -0.05) is 31.5 Å². The molecule has 2 aromatic carbocycles. The molecular weight excluding hydrogens is 480 g/mol. The molecule has 0 radical (unpaired) electrons. The second-order valence-electron chi connectivity index (χ2n) is 9.49. The van der Waals surface area contributed by atoms with Gasteiger partial charge in [-0.2, -0.15) is 0 Å². The van der Waals surface area contributed by atoms with Gasteiger partial charge < -0.3 is 20.4 Å². The number of amides is 1. The maximum absolute atomic E-state index is 12.9. The van der Waals surface area contributed by atoms with Crippen LogP contribution in [0.15, 0.2) is 30.3 Å². The Balaban J connectivity index is 1.78. The largest absolute Gasteiger partial charge is 0.508 e. The third-order valence-corrected chi connectivity index (χ3v) is 6.77. The molecule has 1 aliphatic heterocycles. The Bertz CT molecular complexity index is 1250. The lowest BCUT2D eigenvalue weighted by molar-refractivity contribution is 0.0943. The van der Waals surface area contributed by atoms with Crippen molar-refractivity contribution in [3.05, 3.63) is 52.3 Å². The highest BCUT2D eigenvalue weighted by Gasteiger charge is 2.25. The number of likely N-dealkylation sites (N-methyl/N-ethyl adjacent to an activating group) is 1. The third kappa shape index (κ3) is 5.33. The molecule has 1 amide bonds. The monoisotopic (exact) mass is 512 g/mol. The minimum Gasteiger partial charge on any atom is -0.508 e. The number of carbonyl (C=O) groups is 1. The Morgan fingerprint density at radius 2 is 1.81 bits per heavy atom. The minimum atomic E-state index is -0.406. The summed E-state index contributed by atoms with van der Waals surface area (Å²) in [4.78, 5) is 17.6. The summed E-state index contributed by atoms with van der Waals surface area (Å²) in [6.45, 7) is 10.9. The van der Waals surface area contributed by atoms with E-state index in [0.717, 1.165) is 38.3 Å². The zero-order valence-corrected chi connectivity index (χ0v) is 21.9. The molecule has 0 saturated carbocycles. The zero-order chi connectivity index (χ0) is 26.0. The molecule has 36 heavy (non-hydrogen) atoms. The number of piperazine rings is 1. The molecule has 0 spiro atoms. The molecule has 10 heteroatoms. The highest BCUT2D eigenvalue weighted by molar-refractivity contribution is 6.32. The molecule has 9 nitrogen and oxygen atoms in total. The number of halogens is 1. The van der Waals surface area contributed by atoms with Crippen molar-refractivity contribution in [2.24, 2.45) is 0 Å². The fourth-order valence-electron chi connectivity index (χ4n) is 4.40. The van der Waals surface area contributed by atoms with Gasteiger partial charge in [0, 0.05) is 45.3 Å². The van der Waals surface area contributed by atoms with Crippen molar-refractivity contribution in [2.75, 3.05) is 39.8 Å². The quantitative estimate of drug-likeness (QED) is 0.444. The number of carbonyl (C=O) groups excluding carboxylic acids is 1. The molecule has 1 saturated heterocycles. The average molecular weight is 513 g/mol. The van der Waals surface area contributed by atoms with E-state index in [4.69, 9.17) is 11.6 Å². The van der Waals surface area contributed by atoms with E-state index < -0.39 is 5.91 Å². The van der Waals surface area contributed by atoms with Crippen LogP contribution in [0.1, 0.15) is 48.4 Å².